The van der Waals surface area contributed by atoms with Crippen molar-refractivity contribution >= 4 is 27.6 Å². The molecule has 1 saturated carbocycles. The topological polar surface area (TPSA) is 131 Å². The number of aryl methyl sites for hydroxylation is 1. The Morgan fingerprint density at radius 3 is 2.59 bits per heavy atom. The lowest BCUT2D eigenvalue weighted by molar-refractivity contribution is -0.122. The van der Waals surface area contributed by atoms with E-state index >= 15 is 4.39 Å². The average Bonchev–Trinajstić information content (AvgIpc) is 3.09. The van der Waals surface area contributed by atoms with Crippen LogP contribution in [0.2, 0.25) is 0 Å². The van der Waals surface area contributed by atoms with Crippen LogP contribution in [0.3, 0.4) is 0 Å². The van der Waals surface area contributed by atoms with Crippen LogP contribution < -0.4 is 16.0 Å². The Hall–Kier alpha value is -2.78. The molecule has 4 unspecified atom stereocenters. The van der Waals surface area contributed by atoms with Gasteiger partial charge in [-0.3, -0.25) is 4.79 Å². The van der Waals surface area contributed by atoms with Gasteiger partial charge in [0.05, 0.1) is 23.7 Å². The maximum Gasteiger partial charge on any atom is 0.336 e. The summed E-state index contributed by atoms with van der Waals surface area (Å²) in [5.41, 5.74) is -0.0899. The quantitative estimate of drug-likeness (QED) is 0.495. The molecule has 202 valence electrons. The lowest BCUT2D eigenvalue weighted by Gasteiger charge is -2.43. The van der Waals surface area contributed by atoms with E-state index in [1.165, 1.54) is 6.92 Å². The number of carbonyl (C=O) groups is 2. The molecular weight excluding hydrogens is 504 g/mol. The summed E-state index contributed by atoms with van der Waals surface area (Å²) < 4.78 is 56.2. The summed E-state index contributed by atoms with van der Waals surface area (Å²) in [6.45, 7) is 2.50. The Balaban J connectivity index is 1.46. The van der Waals surface area contributed by atoms with Gasteiger partial charge < -0.3 is 16.0 Å². The normalized spacial score (nSPS) is 28.8. The van der Waals surface area contributed by atoms with Crippen LogP contribution in [0.4, 0.5) is 19.3 Å². The Kier molecular flexibility index (Phi) is 8.04. The van der Waals surface area contributed by atoms with Crippen LogP contribution in [-0.4, -0.2) is 56.0 Å². The van der Waals surface area contributed by atoms with E-state index in [0.717, 1.165) is 50.7 Å². The van der Waals surface area contributed by atoms with E-state index in [-0.39, 0.29) is 22.1 Å². The second-order valence-electron chi connectivity index (χ2n) is 10.3. The van der Waals surface area contributed by atoms with E-state index in [1.54, 1.807) is 6.92 Å². The molecule has 2 fully saturated rings. The van der Waals surface area contributed by atoms with E-state index in [9.17, 15) is 27.7 Å². The molecule has 1 aliphatic carbocycles. The predicted molar refractivity (Wildman–Crippen MR) is 132 cm³/mol. The van der Waals surface area contributed by atoms with Crippen molar-refractivity contribution in [3.8, 4) is 6.07 Å². The van der Waals surface area contributed by atoms with E-state index in [0.29, 0.717) is 10.8 Å². The molecule has 9 nitrogen and oxygen atoms in total. The molecule has 2 aliphatic heterocycles. The number of carbonyl (C=O) groups excluding carboxylic acids is 2. The Morgan fingerprint density at radius 1 is 1.27 bits per heavy atom. The number of nitrogens with zero attached hydrogens (tertiary/aromatic N) is 2. The molecule has 1 aromatic carbocycles. The number of alkyl halides is 1. The molecule has 0 spiro atoms. The number of anilines is 1. The van der Waals surface area contributed by atoms with Crippen molar-refractivity contribution in [2.75, 3.05) is 18.4 Å². The summed E-state index contributed by atoms with van der Waals surface area (Å²) in [6.07, 6.45) is 4.63. The van der Waals surface area contributed by atoms with Gasteiger partial charge in [0.25, 0.3) is 10.0 Å². The highest BCUT2D eigenvalue weighted by atomic mass is 32.2. The van der Waals surface area contributed by atoms with Gasteiger partial charge in [-0.25, -0.2) is 26.3 Å². The number of halogens is 2. The molecule has 37 heavy (non-hydrogen) atoms. The molecule has 3 amide bonds. The van der Waals surface area contributed by atoms with Crippen LogP contribution in [0.25, 0.3) is 0 Å². The van der Waals surface area contributed by atoms with Crippen LogP contribution >= 0.6 is 0 Å². The van der Waals surface area contributed by atoms with Crippen LogP contribution in [0.1, 0.15) is 51.0 Å². The standard InChI is InChI=1S/C25H33F2N5O4S/c1-14-9-18(26)10-19-24(14)37(35,36)32(25(34)31-19)13-20(33)30-15(2)23-22(27)21(17(11-28)12-29-23)16-7-5-3-4-6-8-16/h9-10,15-17,21-23,29H,3-8,12-13H2,1-2H3,(H,30,33)(H,31,34)/t15-,17?,21?,22?,23?/m0/s1. The van der Waals surface area contributed by atoms with Gasteiger partial charge in [-0.15, -0.1) is 0 Å². The maximum absolute atomic E-state index is 15.9. The molecule has 12 heteroatoms. The summed E-state index contributed by atoms with van der Waals surface area (Å²) in [5, 5.41) is 17.7. The molecule has 0 radical (unpaired) electrons. The average molecular weight is 538 g/mol. The number of rotatable bonds is 5. The first-order valence-electron chi connectivity index (χ1n) is 12.7. The summed E-state index contributed by atoms with van der Waals surface area (Å²) >= 11 is 0. The first-order valence-corrected chi connectivity index (χ1v) is 14.2. The Labute approximate surface area is 216 Å². The summed E-state index contributed by atoms with van der Waals surface area (Å²) in [5.74, 6) is -2.29. The van der Waals surface area contributed by atoms with E-state index in [4.69, 9.17) is 0 Å². The lowest BCUT2D eigenvalue weighted by atomic mass is 9.70. The number of nitrogens with one attached hydrogen (secondary N) is 3. The Bertz CT molecular complexity index is 1200. The molecule has 1 saturated heterocycles. The highest BCUT2D eigenvalue weighted by Gasteiger charge is 2.46. The van der Waals surface area contributed by atoms with E-state index < -0.39 is 64.4 Å². The SMILES string of the molecule is Cc1cc(F)cc2c1S(=O)(=O)N(CC(=O)N[C@@H](C)C1NCC(C#N)C(C3CCCCCC3)C1F)C(=O)N2. The monoisotopic (exact) mass is 537 g/mol. The molecule has 0 aromatic heterocycles. The van der Waals surface area contributed by atoms with Gasteiger partial charge in [-0.2, -0.15) is 5.26 Å². The van der Waals surface area contributed by atoms with Gasteiger partial charge >= 0.3 is 6.03 Å². The molecule has 2 heterocycles. The number of amides is 3. The minimum absolute atomic E-state index is 0.0945. The first-order chi connectivity index (χ1) is 17.5. The second kappa shape index (κ2) is 10.9. The number of urea groups is 1. The minimum atomic E-state index is -4.42. The lowest BCUT2D eigenvalue weighted by Crippen LogP contribution is -2.62. The fraction of sp³-hybridized carbons (Fsp3) is 0.640. The fourth-order valence-electron chi connectivity index (χ4n) is 6.08. The number of hydrogen-bond donors (Lipinski definition) is 3. The molecule has 3 aliphatic rings. The zero-order valence-electron chi connectivity index (χ0n) is 21.0. The molecular formula is C25H33F2N5O4S. The number of fused-ring (bicyclic) bond motifs is 1. The fourth-order valence-corrected chi connectivity index (χ4v) is 7.71. The second-order valence-corrected chi connectivity index (χ2v) is 12.1. The van der Waals surface area contributed by atoms with Crippen molar-refractivity contribution in [1.29, 1.82) is 5.26 Å². The zero-order chi connectivity index (χ0) is 26.9. The van der Waals surface area contributed by atoms with Gasteiger partial charge in [0.2, 0.25) is 5.91 Å². The molecule has 0 bridgehead atoms. The third kappa shape index (κ3) is 5.43. The minimum Gasteiger partial charge on any atom is -0.350 e. The van der Waals surface area contributed by atoms with Crippen molar-refractivity contribution < 1.29 is 26.8 Å². The van der Waals surface area contributed by atoms with Crippen molar-refractivity contribution in [2.24, 2.45) is 17.8 Å². The van der Waals surface area contributed by atoms with E-state index in [1.807, 2.05) is 0 Å². The van der Waals surface area contributed by atoms with E-state index in [2.05, 4.69) is 22.0 Å². The zero-order valence-corrected chi connectivity index (χ0v) is 21.8. The smallest absolute Gasteiger partial charge is 0.336 e. The van der Waals surface area contributed by atoms with Gasteiger partial charge in [0, 0.05) is 18.5 Å². The molecule has 4 rings (SSSR count). The van der Waals surface area contributed by atoms with Crippen molar-refractivity contribution in [3.05, 3.63) is 23.5 Å². The van der Waals surface area contributed by atoms with Gasteiger partial charge in [-0.05, 0) is 37.5 Å². The van der Waals surface area contributed by atoms with Crippen LogP contribution in [0.15, 0.2) is 17.0 Å². The third-order valence-corrected chi connectivity index (χ3v) is 9.76. The summed E-state index contributed by atoms with van der Waals surface area (Å²) in [7, 11) is -4.42. The highest BCUT2D eigenvalue weighted by molar-refractivity contribution is 7.90. The van der Waals surface area contributed by atoms with Crippen LogP contribution in [-0.2, 0) is 14.8 Å². The van der Waals surface area contributed by atoms with Crippen LogP contribution in [0.5, 0.6) is 0 Å². The summed E-state index contributed by atoms with van der Waals surface area (Å²) in [4.78, 5) is 25.1. The predicted octanol–water partition coefficient (Wildman–Crippen LogP) is 3.21. The molecule has 3 N–H and O–H groups in total. The van der Waals surface area contributed by atoms with Crippen molar-refractivity contribution in [2.45, 2.75) is 75.5 Å². The van der Waals surface area contributed by atoms with Crippen LogP contribution in [0, 0.1) is 41.8 Å². The van der Waals surface area contributed by atoms with Gasteiger partial charge in [0.15, 0.2) is 0 Å². The number of hydrogen-bond acceptors (Lipinski definition) is 6. The van der Waals surface area contributed by atoms with Crippen molar-refractivity contribution in [1.82, 2.24) is 14.9 Å². The largest absolute Gasteiger partial charge is 0.350 e. The maximum atomic E-state index is 15.9. The third-order valence-electron chi connectivity index (χ3n) is 7.83. The van der Waals surface area contributed by atoms with Gasteiger partial charge in [0.1, 0.15) is 23.4 Å². The summed E-state index contributed by atoms with van der Waals surface area (Å²) in [6, 6.07) is 1.63. The molecule has 5 atom stereocenters. The number of benzene rings is 1. The van der Waals surface area contributed by atoms with Gasteiger partial charge in [-0.1, -0.05) is 38.5 Å². The number of nitriles is 1. The van der Waals surface area contributed by atoms with Crippen molar-refractivity contribution in [3.63, 3.8) is 0 Å². The number of sulfonamides is 1. The highest BCUT2D eigenvalue weighted by Crippen LogP contribution is 2.39. The first kappa shape index (κ1) is 27.3. The number of piperidine rings is 1. The Morgan fingerprint density at radius 2 is 1.95 bits per heavy atom. The molecule has 1 aromatic rings.